The van der Waals surface area contributed by atoms with Gasteiger partial charge in [-0.1, -0.05) is 50.6 Å². The van der Waals surface area contributed by atoms with Crippen molar-refractivity contribution in [2.75, 3.05) is 19.7 Å². The number of amides is 1. The highest BCUT2D eigenvalue weighted by atomic mass is 35.5. The van der Waals surface area contributed by atoms with E-state index in [4.69, 9.17) is 26.4 Å². The average Bonchev–Trinajstić information content (AvgIpc) is 3.23. The van der Waals surface area contributed by atoms with Crippen molar-refractivity contribution in [2.45, 2.75) is 46.0 Å². The van der Waals surface area contributed by atoms with E-state index in [0.29, 0.717) is 41.8 Å². The van der Waals surface area contributed by atoms with Gasteiger partial charge in [-0.2, -0.15) is 5.10 Å². The SMILES string of the molecule is CCOC(=O)[C@H]1CCCN(C(=O)c2cc(-c3ccccc3Cl)nc3cc(C(C)(C)C)nn23)C1. The molecule has 0 radical (unpaired) electrons. The van der Waals surface area contributed by atoms with Crippen LogP contribution in [0.15, 0.2) is 36.4 Å². The van der Waals surface area contributed by atoms with Gasteiger partial charge in [-0.05, 0) is 31.9 Å². The molecule has 0 unspecified atom stereocenters. The maximum Gasteiger partial charge on any atom is 0.310 e. The molecule has 1 aliphatic heterocycles. The third kappa shape index (κ3) is 4.74. The lowest BCUT2D eigenvalue weighted by Gasteiger charge is -2.31. The van der Waals surface area contributed by atoms with Crippen LogP contribution in [0.1, 0.15) is 56.7 Å². The number of aromatic nitrogens is 3. The zero-order valence-corrected chi connectivity index (χ0v) is 20.2. The Morgan fingerprint density at radius 1 is 1.21 bits per heavy atom. The second-order valence-electron chi connectivity index (χ2n) is 9.40. The molecule has 2 aromatic heterocycles. The minimum Gasteiger partial charge on any atom is -0.466 e. The summed E-state index contributed by atoms with van der Waals surface area (Å²) in [6.07, 6.45) is 1.46. The van der Waals surface area contributed by atoms with Gasteiger partial charge in [0.1, 0.15) is 5.69 Å². The molecule has 8 heteroatoms. The summed E-state index contributed by atoms with van der Waals surface area (Å²) in [6.45, 7) is 9.24. The molecule has 0 saturated carbocycles. The largest absolute Gasteiger partial charge is 0.466 e. The van der Waals surface area contributed by atoms with Gasteiger partial charge in [-0.25, -0.2) is 9.50 Å². The first-order chi connectivity index (χ1) is 15.7. The summed E-state index contributed by atoms with van der Waals surface area (Å²) >= 11 is 6.44. The lowest BCUT2D eigenvalue weighted by molar-refractivity contribution is -0.149. The Balaban J connectivity index is 1.79. The summed E-state index contributed by atoms with van der Waals surface area (Å²) in [5.41, 5.74) is 2.96. The summed E-state index contributed by atoms with van der Waals surface area (Å²) in [5.74, 6) is -0.750. The Labute approximate surface area is 198 Å². The lowest BCUT2D eigenvalue weighted by Crippen LogP contribution is -2.43. The van der Waals surface area contributed by atoms with Gasteiger partial charge >= 0.3 is 5.97 Å². The zero-order chi connectivity index (χ0) is 23.8. The number of nitrogens with zero attached hydrogens (tertiary/aromatic N) is 4. The normalized spacial score (nSPS) is 16.8. The van der Waals surface area contributed by atoms with E-state index in [-0.39, 0.29) is 23.2 Å². The predicted octanol–water partition coefficient (Wildman–Crippen LogP) is 4.76. The first kappa shape index (κ1) is 23.2. The Hall–Kier alpha value is -2.93. The monoisotopic (exact) mass is 468 g/mol. The highest BCUT2D eigenvalue weighted by Crippen LogP contribution is 2.30. The molecule has 33 heavy (non-hydrogen) atoms. The Morgan fingerprint density at radius 3 is 2.67 bits per heavy atom. The average molecular weight is 469 g/mol. The molecule has 1 amide bonds. The zero-order valence-electron chi connectivity index (χ0n) is 19.5. The van der Waals surface area contributed by atoms with Crippen LogP contribution in [0.2, 0.25) is 5.02 Å². The molecule has 1 aliphatic rings. The van der Waals surface area contributed by atoms with Crippen LogP contribution in [-0.2, 0) is 14.9 Å². The van der Waals surface area contributed by atoms with E-state index in [0.717, 1.165) is 24.1 Å². The second-order valence-corrected chi connectivity index (χ2v) is 9.81. The molecule has 1 fully saturated rings. The number of rotatable bonds is 4. The van der Waals surface area contributed by atoms with Crippen LogP contribution < -0.4 is 0 Å². The molecule has 174 valence electrons. The second kappa shape index (κ2) is 9.14. The van der Waals surface area contributed by atoms with E-state index in [9.17, 15) is 9.59 Å². The molecule has 1 atom stereocenters. The fourth-order valence-corrected chi connectivity index (χ4v) is 4.31. The van der Waals surface area contributed by atoms with E-state index < -0.39 is 0 Å². The van der Waals surface area contributed by atoms with Crippen molar-refractivity contribution < 1.29 is 14.3 Å². The van der Waals surface area contributed by atoms with Crippen molar-refractivity contribution in [1.82, 2.24) is 19.5 Å². The van der Waals surface area contributed by atoms with Crippen LogP contribution in [-0.4, -0.2) is 51.1 Å². The molecule has 1 aromatic carbocycles. The molecule has 0 bridgehead atoms. The molecule has 0 N–H and O–H groups in total. The smallest absolute Gasteiger partial charge is 0.310 e. The van der Waals surface area contributed by atoms with Crippen molar-refractivity contribution in [2.24, 2.45) is 5.92 Å². The van der Waals surface area contributed by atoms with E-state index in [1.54, 1.807) is 28.5 Å². The highest BCUT2D eigenvalue weighted by molar-refractivity contribution is 6.33. The van der Waals surface area contributed by atoms with Gasteiger partial charge in [0, 0.05) is 35.2 Å². The molecule has 3 heterocycles. The minimum absolute atomic E-state index is 0.187. The molecule has 0 aliphatic carbocycles. The predicted molar refractivity (Wildman–Crippen MR) is 127 cm³/mol. The Bertz CT molecular complexity index is 1200. The molecule has 1 saturated heterocycles. The summed E-state index contributed by atoms with van der Waals surface area (Å²) in [5, 5.41) is 5.28. The van der Waals surface area contributed by atoms with Gasteiger partial charge in [0.05, 0.1) is 23.9 Å². The molecule has 7 nitrogen and oxygen atoms in total. The van der Waals surface area contributed by atoms with Crippen molar-refractivity contribution in [3.05, 3.63) is 52.8 Å². The number of halogens is 1. The summed E-state index contributed by atoms with van der Waals surface area (Å²) in [7, 11) is 0. The van der Waals surface area contributed by atoms with Gasteiger partial charge in [0.25, 0.3) is 5.91 Å². The van der Waals surface area contributed by atoms with Crippen LogP contribution in [0.4, 0.5) is 0 Å². The summed E-state index contributed by atoms with van der Waals surface area (Å²) in [6, 6.07) is 11.1. The van der Waals surface area contributed by atoms with E-state index in [2.05, 4.69) is 20.8 Å². The van der Waals surface area contributed by atoms with Crippen molar-refractivity contribution in [1.29, 1.82) is 0 Å². The number of hydrogen-bond acceptors (Lipinski definition) is 5. The van der Waals surface area contributed by atoms with Crippen molar-refractivity contribution in [3.8, 4) is 11.3 Å². The van der Waals surface area contributed by atoms with Crippen LogP contribution >= 0.6 is 11.6 Å². The summed E-state index contributed by atoms with van der Waals surface area (Å²) < 4.78 is 6.81. The first-order valence-electron chi connectivity index (χ1n) is 11.3. The third-order valence-corrected chi connectivity index (χ3v) is 6.22. The fraction of sp³-hybridized carbons (Fsp3) is 0.440. The maximum absolute atomic E-state index is 13.7. The van der Waals surface area contributed by atoms with Crippen molar-refractivity contribution >= 4 is 29.1 Å². The topological polar surface area (TPSA) is 76.8 Å². The minimum atomic E-state index is -0.314. The molecule has 0 spiro atoms. The number of likely N-dealkylation sites (tertiary alicyclic amines) is 1. The van der Waals surface area contributed by atoms with Crippen LogP contribution in [0, 0.1) is 5.92 Å². The maximum atomic E-state index is 13.7. The number of fused-ring (bicyclic) bond motifs is 1. The Kier molecular flexibility index (Phi) is 6.43. The standard InChI is InChI=1S/C25H29ClN4O3/c1-5-33-24(32)16-9-8-12-29(15-16)23(31)20-13-19(17-10-6-7-11-18(17)26)27-22-14-21(25(2,3)4)28-30(20)22/h6-7,10-11,13-14,16H,5,8-9,12,15H2,1-4H3/t16-/m0/s1. The number of carbonyl (C=O) groups excluding carboxylic acids is 2. The number of ether oxygens (including phenoxy) is 1. The fourth-order valence-electron chi connectivity index (χ4n) is 4.08. The van der Waals surface area contributed by atoms with Gasteiger partial charge in [-0.3, -0.25) is 9.59 Å². The van der Waals surface area contributed by atoms with Gasteiger partial charge in [0.15, 0.2) is 5.65 Å². The van der Waals surface area contributed by atoms with Gasteiger partial charge in [0.2, 0.25) is 0 Å². The molecular weight excluding hydrogens is 440 g/mol. The number of hydrogen-bond donors (Lipinski definition) is 0. The van der Waals surface area contributed by atoms with Crippen LogP contribution in [0.5, 0.6) is 0 Å². The highest BCUT2D eigenvalue weighted by Gasteiger charge is 2.32. The summed E-state index contributed by atoms with van der Waals surface area (Å²) in [4.78, 5) is 32.5. The number of benzene rings is 1. The number of carbonyl (C=O) groups is 2. The third-order valence-electron chi connectivity index (χ3n) is 5.89. The van der Waals surface area contributed by atoms with Crippen LogP contribution in [0.3, 0.4) is 0 Å². The van der Waals surface area contributed by atoms with E-state index in [1.807, 2.05) is 24.3 Å². The molecule has 4 rings (SSSR count). The first-order valence-corrected chi connectivity index (χ1v) is 11.7. The Morgan fingerprint density at radius 2 is 1.97 bits per heavy atom. The molecular formula is C25H29ClN4O3. The van der Waals surface area contributed by atoms with Crippen LogP contribution in [0.25, 0.3) is 16.9 Å². The lowest BCUT2D eigenvalue weighted by atomic mass is 9.93. The van der Waals surface area contributed by atoms with Crippen molar-refractivity contribution in [3.63, 3.8) is 0 Å². The number of esters is 1. The van der Waals surface area contributed by atoms with Gasteiger partial charge in [-0.15, -0.1) is 0 Å². The quantitative estimate of drug-likeness (QED) is 0.516. The van der Waals surface area contributed by atoms with Gasteiger partial charge < -0.3 is 9.64 Å². The van der Waals surface area contributed by atoms with E-state index >= 15 is 0 Å². The van der Waals surface area contributed by atoms with E-state index in [1.165, 1.54) is 0 Å². The molecule has 3 aromatic rings. The number of piperidine rings is 1.